The minimum absolute atomic E-state index is 0.805. The van der Waals surface area contributed by atoms with Crippen molar-refractivity contribution < 1.29 is 0 Å². The topological polar surface area (TPSA) is 27.1 Å². The predicted molar refractivity (Wildman–Crippen MR) is 48.0 cm³/mol. The van der Waals surface area contributed by atoms with Gasteiger partial charge in [0.1, 0.15) is 0 Å². The minimum Gasteiger partial charge on any atom is -0.363 e. The van der Waals surface area contributed by atoms with Crippen LogP contribution in [0.25, 0.3) is 0 Å². The largest absolute Gasteiger partial charge is 0.363 e. The highest BCUT2D eigenvalue weighted by Crippen LogP contribution is 2.29. The summed E-state index contributed by atoms with van der Waals surface area (Å²) in [7, 11) is 2.04. The summed E-state index contributed by atoms with van der Waals surface area (Å²) >= 11 is 0. The van der Waals surface area contributed by atoms with Crippen LogP contribution in [-0.4, -0.2) is 24.3 Å². The van der Waals surface area contributed by atoms with Gasteiger partial charge in [0.2, 0.25) is 0 Å². The Bertz CT molecular complexity index is 138. The maximum absolute atomic E-state index is 7.64. The van der Waals surface area contributed by atoms with E-state index in [1.807, 2.05) is 7.05 Å². The van der Waals surface area contributed by atoms with Crippen LogP contribution in [0.4, 0.5) is 0 Å². The number of nitrogens with zero attached hydrogens (tertiary/aromatic N) is 1. The second kappa shape index (κ2) is 3.74. The van der Waals surface area contributed by atoms with Gasteiger partial charge in [0.15, 0.2) is 0 Å². The molecule has 64 valence electrons. The van der Waals surface area contributed by atoms with Gasteiger partial charge in [-0.1, -0.05) is 6.92 Å². The Morgan fingerprint density at radius 3 is 2.64 bits per heavy atom. The van der Waals surface area contributed by atoms with Crippen molar-refractivity contribution in [3.63, 3.8) is 0 Å². The molecule has 0 heterocycles. The molecule has 1 aliphatic carbocycles. The molecule has 0 unspecified atom stereocenters. The number of nitrogens with one attached hydrogen (secondary N) is 1. The molecule has 2 heteroatoms. The summed E-state index contributed by atoms with van der Waals surface area (Å²) in [5.41, 5.74) is 0. The average molecular weight is 154 g/mol. The summed E-state index contributed by atoms with van der Waals surface area (Å²) in [6, 6.07) is 0. The summed E-state index contributed by atoms with van der Waals surface area (Å²) in [6.45, 7) is 3.23. The highest BCUT2D eigenvalue weighted by Gasteiger charge is 2.23. The van der Waals surface area contributed by atoms with Gasteiger partial charge in [-0.25, -0.2) is 0 Å². The van der Waals surface area contributed by atoms with Crippen molar-refractivity contribution in [3.05, 3.63) is 0 Å². The van der Waals surface area contributed by atoms with E-state index in [0.717, 1.165) is 31.1 Å². The molecule has 1 rings (SSSR count). The normalized spacial score (nSPS) is 16.5. The molecule has 0 aromatic heterocycles. The molecule has 1 N–H and O–H groups in total. The van der Waals surface area contributed by atoms with Gasteiger partial charge in [-0.15, -0.1) is 0 Å². The van der Waals surface area contributed by atoms with E-state index in [4.69, 9.17) is 5.41 Å². The highest BCUT2D eigenvalue weighted by atomic mass is 15.1. The maximum Gasteiger partial charge on any atom is 0.0955 e. The van der Waals surface area contributed by atoms with Crippen molar-refractivity contribution >= 4 is 5.84 Å². The van der Waals surface area contributed by atoms with Crippen LogP contribution in [0.5, 0.6) is 0 Å². The van der Waals surface area contributed by atoms with Crippen molar-refractivity contribution in [2.24, 2.45) is 5.92 Å². The number of hydrogen-bond acceptors (Lipinski definition) is 1. The molecule has 0 saturated heterocycles. The molecular weight excluding hydrogens is 136 g/mol. The second-order valence-electron chi connectivity index (χ2n) is 3.52. The van der Waals surface area contributed by atoms with Crippen LogP contribution in [0, 0.1) is 11.3 Å². The van der Waals surface area contributed by atoms with Crippen molar-refractivity contribution in [1.29, 1.82) is 5.41 Å². The lowest BCUT2D eigenvalue weighted by atomic mass is 10.3. The Kier molecular flexibility index (Phi) is 2.92. The SMILES string of the molecule is CCCC(=N)N(C)CC1CC1. The minimum atomic E-state index is 0.805. The standard InChI is InChI=1S/C9H18N2/c1-3-4-9(10)11(2)7-8-5-6-8/h8,10H,3-7H2,1-2H3. The van der Waals surface area contributed by atoms with E-state index in [1.165, 1.54) is 12.8 Å². The first-order valence-corrected chi connectivity index (χ1v) is 4.52. The first-order chi connectivity index (χ1) is 5.24. The number of hydrogen-bond donors (Lipinski definition) is 1. The average Bonchev–Trinajstić information content (AvgIpc) is 2.72. The molecule has 1 saturated carbocycles. The van der Waals surface area contributed by atoms with Crippen LogP contribution in [0.15, 0.2) is 0 Å². The third-order valence-electron chi connectivity index (χ3n) is 2.18. The monoisotopic (exact) mass is 154 g/mol. The summed E-state index contributed by atoms with van der Waals surface area (Å²) in [5, 5.41) is 7.64. The molecule has 0 aliphatic heterocycles. The molecule has 0 bridgehead atoms. The van der Waals surface area contributed by atoms with Gasteiger partial charge in [0, 0.05) is 20.0 Å². The molecule has 0 radical (unpaired) electrons. The van der Waals surface area contributed by atoms with Crippen molar-refractivity contribution in [3.8, 4) is 0 Å². The Morgan fingerprint density at radius 2 is 2.18 bits per heavy atom. The van der Waals surface area contributed by atoms with Gasteiger partial charge in [0.05, 0.1) is 5.84 Å². The molecule has 1 fully saturated rings. The molecule has 0 aromatic carbocycles. The van der Waals surface area contributed by atoms with Crippen LogP contribution in [0.1, 0.15) is 32.6 Å². The summed E-state index contributed by atoms with van der Waals surface area (Å²) < 4.78 is 0. The van der Waals surface area contributed by atoms with Crippen molar-refractivity contribution in [2.45, 2.75) is 32.6 Å². The van der Waals surface area contributed by atoms with Gasteiger partial charge in [0.25, 0.3) is 0 Å². The van der Waals surface area contributed by atoms with Crippen LogP contribution in [0.3, 0.4) is 0 Å². The number of rotatable bonds is 4. The predicted octanol–water partition coefficient (Wildman–Crippen LogP) is 2.11. The Hall–Kier alpha value is -0.530. The van der Waals surface area contributed by atoms with Gasteiger partial charge in [-0.2, -0.15) is 0 Å². The van der Waals surface area contributed by atoms with E-state index in [0.29, 0.717) is 0 Å². The van der Waals surface area contributed by atoms with Gasteiger partial charge < -0.3 is 4.90 Å². The molecule has 2 nitrogen and oxygen atoms in total. The molecule has 0 spiro atoms. The highest BCUT2D eigenvalue weighted by molar-refractivity contribution is 5.78. The fourth-order valence-electron chi connectivity index (χ4n) is 1.23. The zero-order valence-corrected chi connectivity index (χ0v) is 7.56. The number of amidine groups is 1. The zero-order chi connectivity index (χ0) is 8.27. The van der Waals surface area contributed by atoms with E-state index < -0.39 is 0 Å². The summed E-state index contributed by atoms with van der Waals surface area (Å²) in [4.78, 5) is 2.10. The Balaban J connectivity index is 2.15. The van der Waals surface area contributed by atoms with Gasteiger partial charge >= 0.3 is 0 Å². The van der Waals surface area contributed by atoms with Crippen LogP contribution in [0.2, 0.25) is 0 Å². The zero-order valence-electron chi connectivity index (χ0n) is 7.56. The Morgan fingerprint density at radius 1 is 1.55 bits per heavy atom. The first kappa shape index (κ1) is 8.57. The lowest BCUT2D eigenvalue weighted by Crippen LogP contribution is -2.27. The van der Waals surface area contributed by atoms with Gasteiger partial charge in [-0.3, -0.25) is 5.41 Å². The fourth-order valence-corrected chi connectivity index (χ4v) is 1.23. The van der Waals surface area contributed by atoms with E-state index in [2.05, 4.69) is 11.8 Å². The summed E-state index contributed by atoms with van der Waals surface area (Å²) in [6.07, 6.45) is 4.78. The lowest BCUT2D eigenvalue weighted by Gasteiger charge is -2.18. The quantitative estimate of drug-likeness (QED) is 0.487. The molecule has 0 aromatic rings. The molecule has 11 heavy (non-hydrogen) atoms. The molecular formula is C9H18N2. The molecule has 1 aliphatic rings. The fraction of sp³-hybridized carbons (Fsp3) is 0.889. The first-order valence-electron chi connectivity index (χ1n) is 4.52. The van der Waals surface area contributed by atoms with Crippen LogP contribution in [-0.2, 0) is 0 Å². The van der Waals surface area contributed by atoms with E-state index in [-0.39, 0.29) is 0 Å². The van der Waals surface area contributed by atoms with Crippen LogP contribution < -0.4 is 0 Å². The van der Waals surface area contributed by atoms with Gasteiger partial charge in [-0.05, 0) is 25.2 Å². The third-order valence-corrected chi connectivity index (χ3v) is 2.18. The molecule has 0 amide bonds. The molecule has 0 atom stereocenters. The second-order valence-corrected chi connectivity index (χ2v) is 3.52. The maximum atomic E-state index is 7.64. The van der Waals surface area contributed by atoms with Crippen molar-refractivity contribution in [2.75, 3.05) is 13.6 Å². The van der Waals surface area contributed by atoms with E-state index in [1.54, 1.807) is 0 Å². The van der Waals surface area contributed by atoms with Crippen molar-refractivity contribution in [1.82, 2.24) is 4.90 Å². The van der Waals surface area contributed by atoms with E-state index in [9.17, 15) is 0 Å². The Labute approximate surface area is 69.1 Å². The van der Waals surface area contributed by atoms with E-state index >= 15 is 0 Å². The smallest absolute Gasteiger partial charge is 0.0955 e. The third kappa shape index (κ3) is 2.91. The van der Waals surface area contributed by atoms with Crippen LogP contribution >= 0.6 is 0 Å². The summed E-state index contributed by atoms with van der Waals surface area (Å²) in [5.74, 6) is 1.71. The lowest BCUT2D eigenvalue weighted by molar-refractivity contribution is 0.461.